The van der Waals surface area contributed by atoms with Crippen LogP contribution < -0.4 is 0 Å². The maximum atomic E-state index is 13.0. The largest absolute Gasteiger partial charge is 0.478 e. The molecule has 0 spiro atoms. The molecular formula is C21H19FN2O2. The van der Waals surface area contributed by atoms with Crippen molar-refractivity contribution >= 4 is 12.0 Å². The third kappa shape index (κ3) is 4.66. The summed E-state index contributed by atoms with van der Waals surface area (Å²) in [5.74, 6) is -1.21. The second kappa shape index (κ2) is 8.25. The Morgan fingerprint density at radius 3 is 2.65 bits per heavy atom. The fraction of sp³-hybridized carbons (Fsp3) is 0.143. The number of carboxylic acids is 1. The van der Waals surface area contributed by atoms with E-state index in [4.69, 9.17) is 0 Å². The average Bonchev–Trinajstić information content (AvgIpc) is 3.15. The van der Waals surface area contributed by atoms with Crippen molar-refractivity contribution in [3.8, 4) is 0 Å². The Balaban J connectivity index is 1.70. The lowest BCUT2D eigenvalue weighted by Crippen LogP contribution is -2.04. The lowest BCUT2D eigenvalue weighted by atomic mass is 9.97. The van der Waals surface area contributed by atoms with Crippen molar-refractivity contribution in [1.82, 2.24) is 9.55 Å². The molecule has 1 N–H and O–H groups in total. The highest BCUT2D eigenvalue weighted by molar-refractivity contribution is 5.90. The Morgan fingerprint density at radius 1 is 1.15 bits per heavy atom. The Bertz CT molecular complexity index is 900. The van der Waals surface area contributed by atoms with E-state index in [1.807, 2.05) is 35.0 Å². The van der Waals surface area contributed by atoms with Crippen LogP contribution in [0.5, 0.6) is 0 Å². The van der Waals surface area contributed by atoms with E-state index in [9.17, 15) is 14.3 Å². The Hall–Kier alpha value is -3.21. The van der Waals surface area contributed by atoms with E-state index in [0.717, 1.165) is 16.7 Å². The zero-order valence-electron chi connectivity index (χ0n) is 14.2. The van der Waals surface area contributed by atoms with Gasteiger partial charge in [0.15, 0.2) is 0 Å². The van der Waals surface area contributed by atoms with Gasteiger partial charge in [0.25, 0.3) is 0 Å². The van der Waals surface area contributed by atoms with Gasteiger partial charge in [0.2, 0.25) is 0 Å². The first kappa shape index (κ1) is 17.6. The minimum atomic E-state index is -0.941. The van der Waals surface area contributed by atoms with E-state index in [-0.39, 0.29) is 5.82 Å². The Kier molecular flexibility index (Phi) is 5.59. The van der Waals surface area contributed by atoms with Gasteiger partial charge in [-0.25, -0.2) is 14.2 Å². The summed E-state index contributed by atoms with van der Waals surface area (Å²) >= 11 is 0. The van der Waals surface area contributed by atoms with E-state index in [1.54, 1.807) is 30.7 Å². The molecule has 0 aliphatic heterocycles. The average molecular weight is 350 g/mol. The molecule has 5 heteroatoms. The molecule has 0 amide bonds. The number of aromatic nitrogens is 2. The van der Waals surface area contributed by atoms with Crippen molar-refractivity contribution in [2.45, 2.75) is 19.4 Å². The standard InChI is InChI=1S/C21H19FN2O2/c22-19-9-5-16(6-10-19)3-7-18-8-4-17(14-20(18)21(25)26)2-1-12-24-13-11-23-15-24/h1-2,4-6,8-11,13-15H,3,7,12H2,(H,25,26). The molecule has 4 nitrogen and oxygen atoms in total. The minimum absolute atomic E-state index is 0.271. The molecule has 3 aromatic rings. The van der Waals surface area contributed by atoms with Crippen molar-refractivity contribution in [1.29, 1.82) is 0 Å². The van der Waals surface area contributed by atoms with Gasteiger partial charge in [0.05, 0.1) is 11.9 Å². The van der Waals surface area contributed by atoms with Crippen LogP contribution in [-0.2, 0) is 19.4 Å². The first-order valence-electron chi connectivity index (χ1n) is 8.35. The number of carbonyl (C=O) groups is 1. The predicted molar refractivity (Wildman–Crippen MR) is 98.5 cm³/mol. The first-order valence-corrected chi connectivity index (χ1v) is 8.35. The quantitative estimate of drug-likeness (QED) is 0.694. The van der Waals surface area contributed by atoms with Crippen LogP contribution in [0.4, 0.5) is 4.39 Å². The minimum Gasteiger partial charge on any atom is -0.478 e. The molecule has 132 valence electrons. The number of benzene rings is 2. The topological polar surface area (TPSA) is 55.1 Å². The SMILES string of the molecule is O=C(O)c1cc(C=CCn2ccnc2)ccc1CCc1ccc(F)cc1. The third-order valence-corrected chi connectivity index (χ3v) is 4.15. The molecule has 2 aromatic carbocycles. The molecule has 1 heterocycles. The fourth-order valence-electron chi connectivity index (χ4n) is 2.75. The molecule has 0 bridgehead atoms. The number of nitrogens with zero attached hydrogens (tertiary/aromatic N) is 2. The summed E-state index contributed by atoms with van der Waals surface area (Å²) < 4.78 is 14.9. The highest BCUT2D eigenvalue weighted by Gasteiger charge is 2.10. The Labute approximate surface area is 151 Å². The molecule has 0 atom stereocenters. The number of aromatic carboxylic acids is 1. The van der Waals surface area contributed by atoms with Crippen molar-refractivity contribution in [2.24, 2.45) is 0 Å². The zero-order chi connectivity index (χ0) is 18.4. The van der Waals surface area contributed by atoms with Gasteiger partial charge in [-0.15, -0.1) is 0 Å². The second-order valence-electron chi connectivity index (χ2n) is 6.01. The summed E-state index contributed by atoms with van der Waals surface area (Å²) in [6.45, 7) is 0.675. The number of aryl methyl sites for hydroxylation is 2. The van der Waals surface area contributed by atoms with Gasteiger partial charge in [0, 0.05) is 18.9 Å². The molecule has 0 fully saturated rings. The first-order chi connectivity index (χ1) is 12.6. The third-order valence-electron chi connectivity index (χ3n) is 4.15. The predicted octanol–water partition coefficient (Wildman–Crippen LogP) is 4.22. The van der Waals surface area contributed by atoms with Crippen LogP contribution in [0.2, 0.25) is 0 Å². The number of rotatable bonds is 7. The summed E-state index contributed by atoms with van der Waals surface area (Å²) in [6, 6.07) is 11.7. The van der Waals surface area contributed by atoms with Crippen LogP contribution in [-0.4, -0.2) is 20.6 Å². The maximum Gasteiger partial charge on any atom is 0.335 e. The van der Waals surface area contributed by atoms with Gasteiger partial charge in [-0.2, -0.15) is 0 Å². The van der Waals surface area contributed by atoms with Gasteiger partial charge in [-0.05, 0) is 47.7 Å². The number of hydrogen-bond donors (Lipinski definition) is 1. The Morgan fingerprint density at radius 2 is 1.96 bits per heavy atom. The number of imidazole rings is 1. The van der Waals surface area contributed by atoms with Crippen LogP contribution in [0.3, 0.4) is 0 Å². The molecule has 0 saturated heterocycles. The zero-order valence-corrected chi connectivity index (χ0v) is 14.2. The highest BCUT2D eigenvalue weighted by atomic mass is 19.1. The van der Waals surface area contributed by atoms with E-state index < -0.39 is 5.97 Å². The van der Waals surface area contributed by atoms with Gasteiger partial charge >= 0.3 is 5.97 Å². The van der Waals surface area contributed by atoms with E-state index >= 15 is 0 Å². The van der Waals surface area contributed by atoms with Crippen molar-refractivity contribution < 1.29 is 14.3 Å². The number of carboxylic acid groups (broad SMARTS) is 1. The van der Waals surface area contributed by atoms with Crippen LogP contribution in [0, 0.1) is 5.82 Å². The van der Waals surface area contributed by atoms with Crippen LogP contribution in [0.25, 0.3) is 6.08 Å². The molecule has 0 aliphatic rings. The smallest absolute Gasteiger partial charge is 0.335 e. The van der Waals surface area contributed by atoms with Gasteiger partial charge in [0.1, 0.15) is 5.82 Å². The molecule has 0 aliphatic carbocycles. The van der Waals surface area contributed by atoms with Crippen LogP contribution in [0.1, 0.15) is 27.0 Å². The molecule has 3 rings (SSSR count). The molecule has 26 heavy (non-hydrogen) atoms. The van der Waals surface area contributed by atoms with Crippen molar-refractivity contribution in [2.75, 3.05) is 0 Å². The van der Waals surface area contributed by atoms with Gasteiger partial charge in [-0.1, -0.05) is 36.4 Å². The number of allylic oxidation sites excluding steroid dienone is 1. The second-order valence-corrected chi connectivity index (χ2v) is 6.01. The lowest BCUT2D eigenvalue weighted by Gasteiger charge is -2.08. The summed E-state index contributed by atoms with van der Waals surface area (Å²) in [6.07, 6.45) is 10.4. The molecular weight excluding hydrogens is 331 g/mol. The van der Waals surface area contributed by atoms with Crippen LogP contribution >= 0.6 is 0 Å². The molecule has 0 unspecified atom stereocenters. The lowest BCUT2D eigenvalue weighted by molar-refractivity contribution is 0.0695. The monoisotopic (exact) mass is 350 g/mol. The molecule has 0 saturated carbocycles. The normalized spacial score (nSPS) is 11.1. The van der Waals surface area contributed by atoms with E-state index in [1.165, 1.54) is 12.1 Å². The summed E-state index contributed by atoms with van der Waals surface area (Å²) in [4.78, 5) is 15.6. The molecule has 1 aromatic heterocycles. The maximum absolute atomic E-state index is 13.0. The molecule has 0 radical (unpaired) electrons. The summed E-state index contributed by atoms with van der Waals surface area (Å²) in [5.41, 5.74) is 2.89. The summed E-state index contributed by atoms with van der Waals surface area (Å²) in [7, 11) is 0. The number of hydrogen-bond acceptors (Lipinski definition) is 2. The van der Waals surface area contributed by atoms with Crippen molar-refractivity contribution in [3.05, 3.63) is 95.3 Å². The van der Waals surface area contributed by atoms with E-state index in [0.29, 0.717) is 24.9 Å². The summed E-state index contributed by atoms with van der Waals surface area (Å²) in [5, 5.41) is 9.51. The van der Waals surface area contributed by atoms with Crippen LogP contribution in [0.15, 0.2) is 67.3 Å². The highest BCUT2D eigenvalue weighted by Crippen LogP contribution is 2.17. The van der Waals surface area contributed by atoms with Crippen molar-refractivity contribution in [3.63, 3.8) is 0 Å². The fourth-order valence-corrected chi connectivity index (χ4v) is 2.75. The van der Waals surface area contributed by atoms with Gasteiger partial charge in [-0.3, -0.25) is 0 Å². The van der Waals surface area contributed by atoms with E-state index in [2.05, 4.69) is 4.98 Å². The number of halogens is 1. The van der Waals surface area contributed by atoms with Gasteiger partial charge < -0.3 is 9.67 Å².